The Balaban J connectivity index is 1.90. The molecule has 96 valence electrons. The van der Waals surface area contributed by atoms with Crippen molar-refractivity contribution in [3.05, 3.63) is 0 Å². The van der Waals surface area contributed by atoms with Gasteiger partial charge in [0.2, 0.25) is 5.60 Å². The molecule has 0 bridgehead atoms. The van der Waals surface area contributed by atoms with Crippen molar-refractivity contribution in [2.24, 2.45) is 5.73 Å². The molecule has 0 saturated carbocycles. The topological polar surface area (TPSA) is 103 Å². The summed E-state index contributed by atoms with van der Waals surface area (Å²) >= 11 is 0. The van der Waals surface area contributed by atoms with E-state index in [0.717, 1.165) is 25.9 Å². The highest BCUT2D eigenvalue weighted by Crippen LogP contribution is 2.22. The van der Waals surface area contributed by atoms with E-state index in [0.29, 0.717) is 0 Å². The fourth-order valence-electron chi connectivity index (χ4n) is 2.00. The minimum absolute atomic E-state index is 0.0761. The Bertz CT molecular complexity index is 311. The smallest absolute Gasteiger partial charge is 0.405 e. The van der Waals surface area contributed by atoms with Crippen LogP contribution in [0.5, 0.6) is 0 Å². The van der Waals surface area contributed by atoms with Gasteiger partial charge in [-0.2, -0.15) is 0 Å². The summed E-state index contributed by atoms with van der Waals surface area (Å²) in [6, 6.07) is 0.123. The first-order chi connectivity index (χ1) is 8.12. The lowest BCUT2D eigenvalue weighted by molar-refractivity contribution is -0.190. The predicted molar refractivity (Wildman–Crippen MR) is 58.3 cm³/mol. The summed E-state index contributed by atoms with van der Waals surface area (Å²) in [7, 11) is 0. The molecule has 0 atom stereocenters. The van der Waals surface area contributed by atoms with E-state index >= 15 is 0 Å². The van der Waals surface area contributed by atoms with Crippen LogP contribution in [0.3, 0.4) is 0 Å². The number of amides is 2. The van der Waals surface area contributed by atoms with Gasteiger partial charge in [0, 0.05) is 6.04 Å². The van der Waals surface area contributed by atoms with E-state index in [2.05, 4.69) is 10.6 Å². The summed E-state index contributed by atoms with van der Waals surface area (Å²) in [6.45, 7) is 1.91. The van der Waals surface area contributed by atoms with E-state index in [9.17, 15) is 9.59 Å². The molecule has 2 fully saturated rings. The molecule has 4 N–H and O–H groups in total. The zero-order valence-corrected chi connectivity index (χ0v) is 9.53. The molecule has 7 heteroatoms. The minimum Gasteiger partial charge on any atom is -0.428 e. The molecule has 0 aromatic rings. The van der Waals surface area contributed by atoms with Crippen LogP contribution in [0.4, 0.5) is 4.79 Å². The normalized spacial score (nSPS) is 23.5. The summed E-state index contributed by atoms with van der Waals surface area (Å²) in [5.74, 6) is -0.311. The van der Waals surface area contributed by atoms with Crippen molar-refractivity contribution in [3.8, 4) is 0 Å². The molecule has 17 heavy (non-hydrogen) atoms. The summed E-state index contributed by atoms with van der Waals surface area (Å²) < 4.78 is 9.81. The van der Waals surface area contributed by atoms with Crippen LogP contribution in [0, 0.1) is 0 Å². The Hall–Kier alpha value is -1.34. The van der Waals surface area contributed by atoms with Crippen LogP contribution in [0.15, 0.2) is 0 Å². The number of piperidine rings is 1. The standard InChI is InChI=1S/C10H17N3O4/c11-9(15)17-10(5-16-6-10)8(14)13-7-1-3-12-4-2-7/h7,12H,1-6H2,(H2,11,15)(H,13,14). The molecule has 7 nitrogen and oxygen atoms in total. The van der Waals surface area contributed by atoms with Gasteiger partial charge in [-0.25, -0.2) is 4.79 Å². The lowest BCUT2D eigenvalue weighted by Gasteiger charge is -2.39. The number of carbonyl (C=O) groups excluding carboxylic acids is 2. The molecule has 0 aromatic heterocycles. The highest BCUT2D eigenvalue weighted by atomic mass is 16.6. The quantitative estimate of drug-likeness (QED) is 0.573. The number of rotatable bonds is 3. The second-order valence-electron chi connectivity index (χ2n) is 4.41. The van der Waals surface area contributed by atoms with Gasteiger partial charge in [-0.1, -0.05) is 0 Å². The Morgan fingerprint density at radius 1 is 1.35 bits per heavy atom. The van der Waals surface area contributed by atoms with Gasteiger partial charge in [0.1, 0.15) is 0 Å². The largest absolute Gasteiger partial charge is 0.428 e. The van der Waals surface area contributed by atoms with Crippen molar-refractivity contribution in [2.45, 2.75) is 24.5 Å². The maximum absolute atomic E-state index is 12.0. The van der Waals surface area contributed by atoms with E-state index in [1.165, 1.54) is 0 Å². The van der Waals surface area contributed by atoms with Gasteiger partial charge in [0.05, 0.1) is 13.2 Å². The van der Waals surface area contributed by atoms with Crippen LogP contribution in [0.25, 0.3) is 0 Å². The third-order valence-electron chi connectivity index (χ3n) is 3.05. The molecular formula is C10H17N3O4. The number of carbonyl (C=O) groups is 2. The lowest BCUT2D eigenvalue weighted by Crippen LogP contribution is -2.64. The fourth-order valence-corrected chi connectivity index (χ4v) is 2.00. The van der Waals surface area contributed by atoms with Gasteiger partial charge in [-0.05, 0) is 25.9 Å². The predicted octanol–water partition coefficient (Wildman–Crippen LogP) is -1.28. The van der Waals surface area contributed by atoms with Crippen molar-refractivity contribution in [3.63, 3.8) is 0 Å². The second kappa shape index (κ2) is 4.89. The molecule has 2 saturated heterocycles. The highest BCUT2D eigenvalue weighted by Gasteiger charge is 2.50. The number of hydrogen-bond donors (Lipinski definition) is 3. The monoisotopic (exact) mass is 243 g/mol. The molecule has 2 rings (SSSR count). The zero-order valence-electron chi connectivity index (χ0n) is 9.53. The number of nitrogens with two attached hydrogens (primary N) is 1. The molecule has 2 amide bonds. The molecule has 2 heterocycles. The van der Waals surface area contributed by atoms with E-state index in [1.54, 1.807) is 0 Å². The number of primary amides is 1. The number of ether oxygens (including phenoxy) is 2. The fraction of sp³-hybridized carbons (Fsp3) is 0.800. The maximum atomic E-state index is 12.0. The molecule has 0 aromatic carbocycles. The molecular weight excluding hydrogens is 226 g/mol. The zero-order chi connectivity index (χ0) is 12.3. The number of hydrogen-bond acceptors (Lipinski definition) is 5. The van der Waals surface area contributed by atoms with Crippen LogP contribution >= 0.6 is 0 Å². The molecule has 0 radical (unpaired) electrons. The summed E-state index contributed by atoms with van der Waals surface area (Å²) in [5, 5.41) is 6.08. The van der Waals surface area contributed by atoms with Gasteiger partial charge in [-0.3, -0.25) is 4.79 Å². The summed E-state index contributed by atoms with van der Waals surface area (Å²) in [6.07, 6.45) is 0.798. The van der Waals surface area contributed by atoms with E-state index in [1.807, 2.05) is 0 Å². The van der Waals surface area contributed by atoms with Gasteiger partial charge in [0.25, 0.3) is 5.91 Å². The third kappa shape index (κ3) is 2.67. The minimum atomic E-state index is -1.21. The molecule has 0 spiro atoms. The Kier molecular flexibility index (Phi) is 3.49. The third-order valence-corrected chi connectivity index (χ3v) is 3.05. The van der Waals surface area contributed by atoms with Crippen molar-refractivity contribution in [1.29, 1.82) is 0 Å². The van der Waals surface area contributed by atoms with Crippen molar-refractivity contribution >= 4 is 12.0 Å². The van der Waals surface area contributed by atoms with Crippen LogP contribution in [-0.4, -0.2) is 49.9 Å². The molecule has 2 aliphatic heterocycles. The van der Waals surface area contributed by atoms with E-state index in [4.69, 9.17) is 15.2 Å². The van der Waals surface area contributed by atoms with E-state index < -0.39 is 11.7 Å². The van der Waals surface area contributed by atoms with Crippen LogP contribution in [0.2, 0.25) is 0 Å². The first-order valence-electron chi connectivity index (χ1n) is 5.70. The first kappa shape index (κ1) is 12.1. The Morgan fingerprint density at radius 2 is 2.00 bits per heavy atom. The lowest BCUT2D eigenvalue weighted by atomic mass is 9.98. The van der Waals surface area contributed by atoms with Gasteiger partial charge in [0.15, 0.2) is 0 Å². The SMILES string of the molecule is NC(=O)OC1(C(=O)NC2CCNCC2)COC1. The Morgan fingerprint density at radius 3 is 2.47 bits per heavy atom. The van der Waals surface area contributed by atoms with Gasteiger partial charge >= 0.3 is 6.09 Å². The molecule has 0 aliphatic carbocycles. The van der Waals surface area contributed by atoms with E-state index in [-0.39, 0.29) is 25.2 Å². The van der Waals surface area contributed by atoms with Crippen molar-refractivity contribution in [1.82, 2.24) is 10.6 Å². The Labute approximate surface area is 99.0 Å². The van der Waals surface area contributed by atoms with Gasteiger partial charge in [-0.15, -0.1) is 0 Å². The number of nitrogens with one attached hydrogen (secondary N) is 2. The maximum Gasteiger partial charge on any atom is 0.405 e. The van der Waals surface area contributed by atoms with Crippen LogP contribution in [0.1, 0.15) is 12.8 Å². The first-order valence-corrected chi connectivity index (χ1v) is 5.70. The van der Waals surface area contributed by atoms with Gasteiger partial charge < -0.3 is 25.8 Å². The summed E-state index contributed by atoms with van der Waals surface area (Å²) in [4.78, 5) is 22.8. The highest BCUT2D eigenvalue weighted by molar-refractivity contribution is 5.88. The second-order valence-corrected chi connectivity index (χ2v) is 4.41. The van der Waals surface area contributed by atoms with Crippen LogP contribution in [-0.2, 0) is 14.3 Å². The summed E-state index contributed by atoms with van der Waals surface area (Å²) in [5.41, 5.74) is 3.74. The molecule has 0 unspecified atom stereocenters. The molecule has 2 aliphatic rings. The average Bonchev–Trinajstić information content (AvgIpc) is 2.24. The average molecular weight is 243 g/mol. The van der Waals surface area contributed by atoms with Crippen molar-refractivity contribution in [2.75, 3.05) is 26.3 Å². The van der Waals surface area contributed by atoms with Crippen LogP contribution < -0.4 is 16.4 Å². The van der Waals surface area contributed by atoms with Crippen molar-refractivity contribution < 1.29 is 19.1 Å².